The lowest BCUT2D eigenvalue weighted by atomic mass is 10.1. The van der Waals surface area contributed by atoms with Crippen LogP contribution in [-0.2, 0) is 9.57 Å². The van der Waals surface area contributed by atoms with Crippen molar-refractivity contribution in [3.05, 3.63) is 0 Å². The van der Waals surface area contributed by atoms with Crippen LogP contribution in [0.25, 0.3) is 0 Å². The average molecular weight is 133 g/mol. The van der Waals surface area contributed by atoms with Crippen LogP contribution in [0.5, 0.6) is 0 Å². The summed E-state index contributed by atoms with van der Waals surface area (Å²) >= 11 is 0. The van der Waals surface area contributed by atoms with Gasteiger partial charge in [0.2, 0.25) is 0 Å². The van der Waals surface area contributed by atoms with Crippen LogP contribution in [0.4, 0.5) is 0 Å². The Morgan fingerprint density at radius 2 is 2.00 bits per heavy atom. The molecular weight excluding hydrogens is 118 g/mol. The minimum atomic E-state index is 0.120. The molecule has 3 heteroatoms. The van der Waals surface area contributed by atoms with Crippen molar-refractivity contribution in [1.29, 1.82) is 0 Å². The van der Waals surface area contributed by atoms with Crippen LogP contribution in [0.2, 0.25) is 0 Å². The Balaban J connectivity index is 3.41. The van der Waals surface area contributed by atoms with Gasteiger partial charge in [-0.2, -0.15) is 0 Å². The van der Waals surface area contributed by atoms with E-state index in [1.165, 1.54) is 0 Å². The SMILES string of the molecule is COC(CON)C(C)C. The number of hydrogen-bond acceptors (Lipinski definition) is 3. The Labute approximate surface area is 56.1 Å². The Hall–Kier alpha value is -0.120. The molecule has 0 aliphatic carbocycles. The van der Waals surface area contributed by atoms with Crippen molar-refractivity contribution in [1.82, 2.24) is 0 Å². The molecular formula is C6H15NO2. The van der Waals surface area contributed by atoms with Gasteiger partial charge >= 0.3 is 0 Å². The van der Waals surface area contributed by atoms with Gasteiger partial charge in [0.25, 0.3) is 0 Å². The summed E-state index contributed by atoms with van der Waals surface area (Å²) in [6.07, 6.45) is 0.120. The van der Waals surface area contributed by atoms with E-state index in [2.05, 4.69) is 18.7 Å². The van der Waals surface area contributed by atoms with Gasteiger partial charge in [0, 0.05) is 7.11 Å². The van der Waals surface area contributed by atoms with Gasteiger partial charge in [0.1, 0.15) is 0 Å². The van der Waals surface area contributed by atoms with Gasteiger partial charge in [-0.25, -0.2) is 5.90 Å². The van der Waals surface area contributed by atoms with E-state index in [9.17, 15) is 0 Å². The first-order valence-electron chi connectivity index (χ1n) is 3.06. The highest BCUT2D eigenvalue weighted by atomic mass is 16.6. The van der Waals surface area contributed by atoms with Gasteiger partial charge in [-0.3, -0.25) is 0 Å². The molecule has 0 aromatic rings. The van der Waals surface area contributed by atoms with Crippen LogP contribution >= 0.6 is 0 Å². The first kappa shape index (κ1) is 8.88. The van der Waals surface area contributed by atoms with Crippen molar-refractivity contribution < 1.29 is 9.57 Å². The summed E-state index contributed by atoms with van der Waals surface area (Å²) < 4.78 is 5.05. The molecule has 1 unspecified atom stereocenters. The zero-order valence-electron chi connectivity index (χ0n) is 6.26. The summed E-state index contributed by atoms with van der Waals surface area (Å²) in [4.78, 5) is 4.43. The van der Waals surface area contributed by atoms with Crippen LogP contribution in [0.15, 0.2) is 0 Å². The van der Waals surface area contributed by atoms with Crippen LogP contribution < -0.4 is 5.90 Å². The van der Waals surface area contributed by atoms with E-state index >= 15 is 0 Å². The van der Waals surface area contributed by atoms with E-state index in [-0.39, 0.29) is 6.10 Å². The molecule has 0 aliphatic rings. The smallest absolute Gasteiger partial charge is 0.0943 e. The van der Waals surface area contributed by atoms with Crippen molar-refractivity contribution >= 4 is 0 Å². The molecule has 0 amide bonds. The molecule has 0 radical (unpaired) electrons. The summed E-state index contributed by atoms with van der Waals surface area (Å²) in [7, 11) is 1.66. The minimum Gasteiger partial charge on any atom is -0.379 e. The van der Waals surface area contributed by atoms with Crippen molar-refractivity contribution in [3.63, 3.8) is 0 Å². The van der Waals surface area contributed by atoms with Crippen molar-refractivity contribution in [2.45, 2.75) is 20.0 Å². The summed E-state index contributed by atoms with van der Waals surface area (Å²) in [5.41, 5.74) is 0. The second kappa shape index (κ2) is 4.73. The second-order valence-corrected chi connectivity index (χ2v) is 2.35. The molecule has 0 fully saturated rings. The lowest BCUT2D eigenvalue weighted by molar-refractivity contribution is -0.0158. The third kappa shape index (κ3) is 3.46. The Bertz CT molecular complexity index is 66.1. The monoisotopic (exact) mass is 133 g/mol. The molecule has 0 aromatic carbocycles. The lowest BCUT2D eigenvalue weighted by Gasteiger charge is -2.16. The first-order chi connectivity index (χ1) is 4.22. The molecule has 0 heterocycles. The number of nitrogens with two attached hydrogens (primary N) is 1. The molecule has 0 aromatic heterocycles. The van der Waals surface area contributed by atoms with Gasteiger partial charge in [-0.05, 0) is 5.92 Å². The summed E-state index contributed by atoms with van der Waals surface area (Å²) in [5.74, 6) is 5.32. The quantitative estimate of drug-likeness (QED) is 0.569. The molecule has 0 saturated carbocycles. The molecule has 0 spiro atoms. The third-order valence-corrected chi connectivity index (χ3v) is 1.31. The number of rotatable bonds is 4. The van der Waals surface area contributed by atoms with Crippen molar-refractivity contribution in [2.75, 3.05) is 13.7 Å². The molecule has 2 N–H and O–H groups in total. The molecule has 9 heavy (non-hydrogen) atoms. The number of hydrogen-bond donors (Lipinski definition) is 1. The van der Waals surface area contributed by atoms with E-state index in [0.29, 0.717) is 12.5 Å². The van der Waals surface area contributed by atoms with Gasteiger partial charge in [0.05, 0.1) is 12.7 Å². The standard InChI is InChI=1S/C6H15NO2/c1-5(2)6(8-3)4-9-7/h5-6H,4,7H2,1-3H3. The van der Waals surface area contributed by atoms with Gasteiger partial charge in [-0.1, -0.05) is 13.8 Å². The molecule has 0 bridgehead atoms. The van der Waals surface area contributed by atoms with E-state index in [1.807, 2.05) is 0 Å². The summed E-state index contributed by atoms with van der Waals surface area (Å²) in [5, 5.41) is 0. The Morgan fingerprint density at radius 1 is 1.44 bits per heavy atom. The normalized spacial score (nSPS) is 14.3. The fourth-order valence-corrected chi connectivity index (χ4v) is 0.627. The highest BCUT2D eigenvalue weighted by Gasteiger charge is 2.10. The van der Waals surface area contributed by atoms with E-state index < -0.39 is 0 Å². The van der Waals surface area contributed by atoms with E-state index in [1.54, 1.807) is 7.11 Å². The topological polar surface area (TPSA) is 44.5 Å². The molecule has 0 aliphatic heterocycles. The Kier molecular flexibility index (Phi) is 4.67. The predicted molar refractivity (Wildman–Crippen MR) is 35.8 cm³/mol. The van der Waals surface area contributed by atoms with Crippen molar-refractivity contribution in [2.24, 2.45) is 11.8 Å². The van der Waals surface area contributed by atoms with Crippen LogP contribution in [0.3, 0.4) is 0 Å². The lowest BCUT2D eigenvalue weighted by Crippen LogP contribution is -2.25. The maximum atomic E-state index is 5.05. The van der Waals surface area contributed by atoms with Crippen molar-refractivity contribution in [3.8, 4) is 0 Å². The van der Waals surface area contributed by atoms with Gasteiger partial charge < -0.3 is 9.57 Å². The van der Waals surface area contributed by atoms with Gasteiger partial charge in [0.15, 0.2) is 0 Å². The molecule has 56 valence electrons. The first-order valence-corrected chi connectivity index (χ1v) is 3.06. The zero-order chi connectivity index (χ0) is 7.28. The highest BCUT2D eigenvalue weighted by Crippen LogP contribution is 2.03. The minimum absolute atomic E-state index is 0.120. The van der Waals surface area contributed by atoms with E-state index in [4.69, 9.17) is 10.6 Å². The maximum absolute atomic E-state index is 5.05. The van der Waals surface area contributed by atoms with E-state index in [0.717, 1.165) is 0 Å². The third-order valence-electron chi connectivity index (χ3n) is 1.31. The van der Waals surface area contributed by atoms with Crippen LogP contribution in [-0.4, -0.2) is 19.8 Å². The Morgan fingerprint density at radius 3 is 2.11 bits per heavy atom. The molecule has 0 saturated heterocycles. The van der Waals surface area contributed by atoms with Crippen LogP contribution in [0.1, 0.15) is 13.8 Å². The van der Waals surface area contributed by atoms with Crippen LogP contribution in [0, 0.1) is 5.92 Å². The highest BCUT2D eigenvalue weighted by molar-refractivity contribution is 4.58. The zero-order valence-corrected chi connectivity index (χ0v) is 6.26. The summed E-state index contributed by atoms with van der Waals surface area (Å²) in [6, 6.07) is 0. The number of methoxy groups -OCH3 is 1. The molecule has 1 atom stereocenters. The molecule has 0 rings (SSSR count). The predicted octanol–water partition coefficient (Wildman–Crippen LogP) is 0.548. The fourth-order valence-electron chi connectivity index (χ4n) is 0.627. The maximum Gasteiger partial charge on any atom is 0.0943 e. The fraction of sp³-hybridized carbons (Fsp3) is 1.00. The molecule has 3 nitrogen and oxygen atoms in total. The largest absolute Gasteiger partial charge is 0.379 e. The van der Waals surface area contributed by atoms with Gasteiger partial charge in [-0.15, -0.1) is 0 Å². The average Bonchev–Trinajstić information content (AvgIpc) is 1.82. The summed E-state index contributed by atoms with van der Waals surface area (Å²) in [6.45, 7) is 4.59. The number of ether oxygens (including phenoxy) is 1. The second-order valence-electron chi connectivity index (χ2n) is 2.35.